The Bertz CT molecular complexity index is 467. The molecule has 1 fully saturated rings. The number of halogens is 1. The molecule has 1 aromatic heterocycles. The van der Waals surface area contributed by atoms with Gasteiger partial charge >= 0.3 is 0 Å². The molecular formula is C8H10ClN3OS. The normalized spacial score (nSPS) is 22.7. The van der Waals surface area contributed by atoms with Gasteiger partial charge in [-0.1, -0.05) is 0 Å². The van der Waals surface area contributed by atoms with E-state index in [-0.39, 0.29) is 5.28 Å². The first kappa shape index (κ1) is 9.86. The van der Waals surface area contributed by atoms with E-state index in [1.54, 1.807) is 6.07 Å². The van der Waals surface area contributed by atoms with Gasteiger partial charge in [-0.25, -0.2) is 14.2 Å². The van der Waals surface area contributed by atoms with Crippen LogP contribution in [0.25, 0.3) is 0 Å². The SMILES string of the molecule is CS(=N)(=O)C1(c2ccnc(Cl)n2)CC1. The second-order valence-electron chi connectivity index (χ2n) is 3.55. The van der Waals surface area contributed by atoms with Gasteiger partial charge in [-0.3, -0.25) is 4.78 Å². The Labute approximate surface area is 87.7 Å². The van der Waals surface area contributed by atoms with Gasteiger partial charge in [0.05, 0.1) is 20.2 Å². The van der Waals surface area contributed by atoms with Crippen LogP contribution < -0.4 is 0 Å². The summed E-state index contributed by atoms with van der Waals surface area (Å²) in [5.74, 6) is 0. The van der Waals surface area contributed by atoms with E-state index in [4.69, 9.17) is 16.4 Å². The van der Waals surface area contributed by atoms with Gasteiger partial charge in [-0.2, -0.15) is 0 Å². The van der Waals surface area contributed by atoms with Crippen LogP contribution in [-0.4, -0.2) is 20.4 Å². The molecule has 0 spiro atoms. The molecule has 1 unspecified atom stereocenters. The van der Waals surface area contributed by atoms with Gasteiger partial charge in [0.15, 0.2) is 0 Å². The highest BCUT2D eigenvalue weighted by Gasteiger charge is 2.52. The molecule has 1 N–H and O–H groups in total. The van der Waals surface area contributed by atoms with Crippen molar-refractivity contribution in [2.24, 2.45) is 0 Å². The van der Waals surface area contributed by atoms with E-state index in [0.29, 0.717) is 5.69 Å². The average molecular weight is 232 g/mol. The van der Waals surface area contributed by atoms with Gasteiger partial charge in [-0.05, 0) is 30.5 Å². The second kappa shape index (κ2) is 2.90. The molecule has 0 amide bonds. The molecule has 1 aliphatic rings. The average Bonchev–Trinajstić information content (AvgIpc) is 2.82. The van der Waals surface area contributed by atoms with Gasteiger partial charge in [0.25, 0.3) is 0 Å². The largest absolute Gasteiger partial charge is 0.252 e. The van der Waals surface area contributed by atoms with E-state index in [0.717, 1.165) is 12.8 Å². The molecule has 1 saturated carbocycles. The summed E-state index contributed by atoms with van der Waals surface area (Å²) >= 11 is 5.65. The zero-order valence-electron chi connectivity index (χ0n) is 7.66. The number of aromatic nitrogens is 2. The molecule has 1 atom stereocenters. The van der Waals surface area contributed by atoms with Crippen molar-refractivity contribution in [3.63, 3.8) is 0 Å². The lowest BCUT2D eigenvalue weighted by Gasteiger charge is -2.14. The van der Waals surface area contributed by atoms with Crippen molar-refractivity contribution < 1.29 is 4.21 Å². The molecule has 2 rings (SSSR count). The standard InChI is InChI=1S/C8H10ClN3OS/c1-14(10,13)8(3-4-8)6-2-5-11-7(9)12-6/h2,5,10H,3-4H2,1H3. The van der Waals surface area contributed by atoms with Crippen LogP contribution in [0, 0.1) is 4.78 Å². The Morgan fingerprint density at radius 2 is 2.29 bits per heavy atom. The highest BCUT2D eigenvalue weighted by molar-refractivity contribution is 7.92. The molecule has 76 valence electrons. The summed E-state index contributed by atoms with van der Waals surface area (Å²) in [6.07, 6.45) is 4.49. The Hall–Kier alpha value is -0.680. The zero-order valence-corrected chi connectivity index (χ0v) is 9.23. The van der Waals surface area contributed by atoms with E-state index in [1.165, 1.54) is 12.5 Å². The number of nitrogens with zero attached hydrogens (tertiary/aromatic N) is 2. The smallest absolute Gasteiger partial charge is 0.222 e. The lowest BCUT2D eigenvalue weighted by Crippen LogP contribution is -2.19. The monoisotopic (exact) mass is 231 g/mol. The Morgan fingerprint density at radius 3 is 2.71 bits per heavy atom. The minimum absolute atomic E-state index is 0.150. The van der Waals surface area contributed by atoms with Gasteiger partial charge in [-0.15, -0.1) is 0 Å². The summed E-state index contributed by atoms with van der Waals surface area (Å²) < 4.78 is 18.8. The van der Waals surface area contributed by atoms with E-state index < -0.39 is 14.5 Å². The predicted molar refractivity (Wildman–Crippen MR) is 54.7 cm³/mol. The topological polar surface area (TPSA) is 66.7 Å². The molecule has 0 aliphatic heterocycles. The van der Waals surface area contributed by atoms with Crippen molar-refractivity contribution >= 4 is 21.3 Å². The van der Waals surface area contributed by atoms with Gasteiger partial charge in [0, 0.05) is 12.5 Å². The summed E-state index contributed by atoms with van der Waals surface area (Å²) in [5.41, 5.74) is 0.639. The summed E-state index contributed by atoms with van der Waals surface area (Å²) in [6, 6.07) is 1.69. The fourth-order valence-electron chi connectivity index (χ4n) is 1.55. The molecule has 1 aromatic rings. The first-order valence-electron chi connectivity index (χ1n) is 4.18. The number of hydrogen-bond acceptors (Lipinski definition) is 4. The zero-order chi connectivity index (χ0) is 10.4. The van der Waals surface area contributed by atoms with E-state index in [9.17, 15) is 4.21 Å². The number of nitrogens with one attached hydrogen (secondary N) is 1. The third kappa shape index (κ3) is 1.40. The summed E-state index contributed by atoms with van der Waals surface area (Å²) in [7, 11) is -2.61. The summed E-state index contributed by atoms with van der Waals surface area (Å²) in [5, 5.41) is 0.150. The van der Waals surface area contributed by atoms with Gasteiger partial charge in [0.2, 0.25) is 5.28 Å². The highest BCUT2D eigenvalue weighted by atomic mass is 35.5. The maximum atomic E-state index is 11.7. The molecular weight excluding hydrogens is 222 g/mol. The first-order valence-corrected chi connectivity index (χ1v) is 6.52. The van der Waals surface area contributed by atoms with Crippen molar-refractivity contribution in [2.45, 2.75) is 17.6 Å². The third-order valence-corrected chi connectivity index (χ3v) is 4.83. The van der Waals surface area contributed by atoms with E-state index >= 15 is 0 Å². The van der Waals surface area contributed by atoms with Crippen LogP contribution in [0.3, 0.4) is 0 Å². The van der Waals surface area contributed by atoms with Crippen molar-refractivity contribution in [2.75, 3.05) is 6.26 Å². The number of rotatable bonds is 2. The Morgan fingerprint density at radius 1 is 1.64 bits per heavy atom. The van der Waals surface area contributed by atoms with Gasteiger partial charge in [0.1, 0.15) is 0 Å². The van der Waals surface area contributed by atoms with E-state index in [2.05, 4.69) is 9.97 Å². The predicted octanol–water partition coefficient (Wildman–Crippen LogP) is 1.80. The van der Waals surface area contributed by atoms with Crippen LogP contribution >= 0.6 is 11.6 Å². The van der Waals surface area contributed by atoms with Crippen molar-refractivity contribution in [1.29, 1.82) is 4.78 Å². The van der Waals surface area contributed by atoms with Gasteiger partial charge < -0.3 is 0 Å². The molecule has 6 heteroatoms. The van der Waals surface area contributed by atoms with Crippen molar-refractivity contribution in [1.82, 2.24) is 9.97 Å². The maximum Gasteiger partial charge on any atom is 0.222 e. The maximum absolute atomic E-state index is 11.7. The van der Waals surface area contributed by atoms with Crippen LogP contribution in [0.2, 0.25) is 5.28 Å². The molecule has 14 heavy (non-hydrogen) atoms. The fraction of sp³-hybridized carbons (Fsp3) is 0.500. The molecule has 1 aliphatic carbocycles. The summed E-state index contributed by atoms with van der Waals surface area (Å²) in [4.78, 5) is 7.79. The fourth-order valence-corrected chi connectivity index (χ4v) is 3.09. The molecule has 4 nitrogen and oxygen atoms in total. The number of hydrogen-bond donors (Lipinski definition) is 1. The van der Waals surface area contributed by atoms with Crippen LogP contribution in [0.1, 0.15) is 18.5 Å². The van der Waals surface area contributed by atoms with E-state index in [1.807, 2.05) is 0 Å². The third-order valence-electron chi connectivity index (χ3n) is 2.54. The highest BCUT2D eigenvalue weighted by Crippen LogP contribution is 2.51. The van der Waals surface area contributed by atoms with Crippen LogP contribution in [0.15, 0.2) is 12.3 Å². The first-order chi connectivity index (χ1) is 6.46. The Kier molecular flexibility index (Phi) is 2.04. The minimum atomic E-state index is -2.61. The quantitative estimate of drug-likeness (QED) is 0.790. The van der Waals surface area contributed by atoms with Crippen molar-refractivity contribution in [3.05, 3.63) is 23.2 Å². The minimum Gasteiger partial charge on any atom is -0.252 e. The van der Waals surface area contributed by atoms with Crippen LogP contribution in [-0.2, 0) is 14.5 Å². The molecule has 0 bridgehead atoms. The molecule has 0 radical (unpaired) electrons. The van der Waals surface area contributed by atoms with Crippen LogP contribution in [0.5, 0.6) is 0 Å². The van der Waals surface area contributed by atoms with Crippen LogP contribution in [0.4, 0.5) is 0 Å². The second-order valence-corrected chi connectivity index (χ2v) is 6.36. The Balaban J connectivity index is 2.51. The molecule has 0 aromatic carbocycles. The lowest BCUT2D eigenvalue weighted by molar-refractivity contribution is 0.663. The lowest BCUT2D eigenvalue weighted by atomic mass is 10.3. The van der Waals surface area contributed by atoms with Crippen molar-refractivity contribution in [3.8, 4) is 0 Å². The summed E-state index contributed by atoms with van der Waals surface area (Å²) in [6.45, 7) is 0. The molecule has 1 heterocycles. The molecule has 0 saturated heterocycles.